The molecule has 13 heavy (non-hydrogen) atoms. The van der Waals surface area contributed by atoms with Gasteiger partial charge in [-0.3, -0.25) is 0 Å². The van der Waals surface area contributed by atoms with Gasteiger partial charge in [-0.15, -0.1) is 0 Å². The van der Waals surface area contributed by atoms with E-state index in [4.69, 9.17) is 4.74 Å². The molecule has 1 aliphatic rings. The Bertz CT molecular complexity index is 130. The maximum absolute atomic E-state index is 5.32. The van der Waals surface area contributed by atoms with E-state index in [0.717, 1.165) is 19.7 Å². The van der Waals surface area contributed by atoms with Crippen molar-refractivity contribution in [2.45, 2.75) is 39.0 Å². The zero-order valence-electron chi connectivity index (χ0n) is 9.07. The predicted molar refractivity (Wildman–Crippen MR) is 55.9 cm³/mol. The average Bonchev–Trinajstić information content (AvgIpc) is 2.55. The standard InChI is InChI=1S/C11H23NO/c1-3-8-12-9-11(10-13-2)6-4-5-7-11/h12H,3-10H2,1-2H3. The molecule has 0 bridgehead atoms. The lowest BCUT2D eigenvalue weighted by molar-refractivity contribution is 0.0828. The molecule has 1 N–H and O–H groups in total. The molecule has 1 fully saturated rings. The second-order valence-electron chi connectivity index (χ2n) is 4.32. The van der Waals surface area contributed by atoms with Crippen LogP contribution >= 0.6 is 0 Å². The van der Waals surface area contributed by atoms with Crippen LogP contribution in [0.2, 0.25) is 0 Å². The predicted octanol–water partition coefficient (Wildman–Crippen LogP) is 2.19. The zero-order valence-corrected chi connectivity index (χ0v) is 9.07. The minimum absolute atomic E-state index is 0.462. The van der Waals surface area contributed by atoms with Gasteiger partial charge in [0.1, 0.15) is 0 Å². The molecule has 0 aromatic carbocycles. The highest BCUT2D eigenvalue weighted by molar-refractivity contribution is 4.86. The summed E-state index contributed by atoms with van der Waals surface area (Å²) in [6.45, 7) is 5.44. The first-order chi connectivity index (χ1) is 6.33. The Morgan fingerprint density at radius 2 is 2.00 bits per heavy atom. The molecule has 2 heteroatoms. The van der Waals surface area contributed by atoms with Gasteiger partial charge in [0.15, 0.2) is 0 Å². The third kappa shape index (κ3) is 3.28. The Labute approximate surface area is 82.0 Å². The van der Waals surface area contributed by atoms with Crippen molar-refractivity contribution in [1.29, 1.82) is 0 Å². The topological polar surface area (TPSA) is 21.3 Å². The summed E-state index contributed by atoms with van der Waals surface area (Å²) in [5.41, 5.74) is 0.462. The van der Waals surface area contributed by atoms with Crippen LogP contribution in [0.5, 0.6) is 0 Å². The second kappa shape index (κ2) is 5.61. The molecule has 0 unspecified atom stereocenters. The summed E-state index contributed by atoms with van der Waals surface area (Å²) in [6, 6.07) is 0. The number of hydrogen-bond acceptors (Lipinski definition) is 2. The van der Waals surface area contributed by atoms with E-state index in [0.29, 0.717) is 5.41 Å². The molecule has 0 radical (unpaired) electrons. The fraction of sp³-hybridized carbons (Fsp3) is 1.00. The van der Waals surface area contributed by atoms with Gasteiger partial charge in [-0.1, -0.05) is 19.8 Å². The van der Waals surface area contributed by atoms with Crippen molar-refractivity contribution in [2.24, 2.45) is 5.41 Å². The summed E-state index contributed by atoms with van der Waals surface area (Å²) >= 11 is 0. The van der Waals surface area contributed by atoms with Gasteiger partial charge in [-0.25, -0.2) is 0 Å². The second-order valence-corrected chi connectivity index (χ2v) is 4.32. The van der Waals surface area contributed by atoms with Crippen LogP contribution in [0.4, 0.5) is 0 Å². The fourth-order valence-electron chi connectivity index (χ4n) is 2.33. The van der Waals surface area contributed by atoms with Crippen LogP contribution in [0, 0.1) is 5.41 Å². The van der Waals surface area contributed by atoms with Gasteiger partial charge in [-0.2, -0.15) is 0 Å². The Hall–Kier alpha value is -0.0800. The monoisotopic (exact) mass is 185 g/mol. The molecule has 0 aliphatic heterocycles. The van der Waals surface area contributed by atoms with E-state index in [2.05, 4.69) is 12.2 Å². The van der Waals surface area contributed by atoms with Gasteiger partial charge in [0, 0.05) is 19.1 Å². The lowest BCUT2D eigenvalue weighted by atomic mass is 9.87. The quantitative estimate of drug-likeness (QED) is 0.640. The van der Waals surface area contributed by atoms with Crippen molar-refractivity contribution in [3.05, 3.63) is 0 Å². The lowest BCUT2D eigenvalue weighted by Crippen LogP contribution is -2.36. The first kappa shape index (κ1) is 11.0. The van der Waals surface area contributed by atoms with E-state index in [9.17, 15) is 0 Å². The molecule has 1 rings (SSSR count). The molecule has 78 valence electrons. The maximum Gasteiger partial charge on any atom is 0.0530 e. The zero-order chi connectivity index (χ0) is 9.57. The molecule has 1 saturated carbocycles. The van der Waals surface area contributed by atoms with Crippen molar-refractivity contribution < 1.29 is 4.74 Å². The highest BCUT2D eigenvalue weighted by Crippen LogP contribution is 2.37. The molecular weight excluding hydrogens is 162 g/mol. The Balaban J connectivity index is 2.28. The summed E-state index contributed by atoms with van der Waals surface area (Å²) in [7, 11) is 1.82. The number of hydrogen-bond donors (Lipinski definition) is 1. The molecule has 0 saturated heterocycles. The molecular formula is C11H23NO. The number of methoxy groups -OCH3 is 1. The normalized spacial score (nSPS) is 20.8. The summed E-state index contributed by atoms with van der Waals surface area (Å²) in [6.07, 6.45) is 6.69. The van der Waals surface area contributed by atoms with E-state index in [1.54, 1.807) is 0 Å². The molecule has 0 atom stereocenters. The third-order valence-corrected chi connectivity index (χ3v) is 3.04. The van der Waals surface area contributed by atoms with Crippen molar-refractivity contribution in [2.75, 3.05) is 26.8 Å². The molecule has 0 spiro atoms. The van der Waals surface area contributed by atoms with Crippen LogP contribution in [-0.2, 0) is 4.74 Å². The lowest BCUT2D eigenvalue weighted by Gasteiger charge is -2.28. The Morgan fingerprint density at radius 3 is 2.54 bits per heavy atom. The van der Waals surface area contributed by atoms with Crippen LogP contribution in [0.15, 0.2) is 0 Å². The molecule has 2 nitrogen and oxygen atoms in total. The Kier molecular flexibility index (Phi) is 4.74. The highest BCUT2D eigenvalue weighted by Gasteiger charge is 2.33. The van der Waals surface area contributed by atoms with Crippen molar-refractivity contribution in [1.82, 2.24) is 5.32 Å². The molecule has 0 aromatic heterocycles. The van der Waals surface area contributed by atoms with Crippen molar-refractivity contribution in [3.8, 4) is 0 Å². The first-order valence-corrected chi connectivity index (χ1v) is 5.53. The summed E-state index contributed by atoms with van der Waals surface area (Å²) in [5, 5.41) is 3.52. The molecule has 0 amide bonds. The van der Waals surface area contributed by atoms with Gasteiger partial charge in [0.2, 0.25) is 0 Å². The van der Waals surface area contributed by atoms with E-state index in [1.807, 2.05) is 7.11 Å². The third-order valence-electron chi connectivity index (χ3n) is 3.04. The maximum atomic E-state index is 5.32. The SMILES string of the molecule is CCCNCC1(COC)CCCC1. The summed E-state index contributed by atoms with van der Waals surface area (Å²) in [5.74, 6) is 0. The molecule has 1 aliphatic carbocycles. The van der Waals surface area contributed by atoms with Crippen LogP contribution in [0.25, 0.3) is 0 Å². The van der Waals surface area contributed by atoms with Crippen LogP contribution < -0.4 is 5.32 Å². The van der Waals surface area contributed by atoms with Crippen LogP contribution in [0.3, 0.4) is 0 Å². The van der Waals surface area contributed by atoms with Crippen molar-refractivity contribution in [3.63, 3.8) is 0 Å². The number of ether oxygens (including phenoxy) is 1. The van der Waals surface area contributed by atoms with E-state index >= 15 is 0 Å². The Morgan fingerprint density at radius 1 is 1.31 bits per heavy atom. The van der Waals surface area contributed by atoms with Crippen molar-refractivity contribution >= 4 is 0 Å². The van der Waals surface area contributed by atoms with Crippen LogP contribution in [-0.4, -0.2) is 26.8 Å². The van der Waals surface area contributed by atoms with Crippen LogP contribution in [0.1, 0.15) is 39.0 Å². The summed E-state index contributed by atoms with van der Waals surface area (Å²) in [4.78, 5) is 0. The minimum atomic E-state index is 0.462. The molecule has 0 heterocycles. The van der Waals surface area contributed by atoms with Gasteiger partial charge in [-0.05, 0) is 25.8 Å². The summed E-state index contributed by atoms with van der Waals surface area (Å²) < 4.78 is 5.32. The largest absolute Gasteiger partial charge is 0.384 e. The average molecular weight is 185 g/mol. The van der Waals surface area contributed by atoms with Gasteiger partial charge >= 0.3 is 0 Å². The van der Waals surface area contributed by atoms with E-state index in [-0.39, 0.29) is 0 Å². The fourth-order valence-corrected chi connectivity index (χ4v) is 2.33. The molecule has 0 aromatic rings. The highest BCUT2D eigenvalue weighted by atomic mass is 16.5. The van der Waals surface area contributed by atoms with Gasteiger partial charge < -0.3 is 10.1 Å². The minimum Gasteiger partial charge on any atom is -0.384 e. The van der Waals surface area contributed by atoms with Gasteiger partial charge in [0.05, 0.1) is 6.61 Å². The smallest absolute Gasteiger partial charge is 0.0530 e. The van der Waals surface area contributed by atoms with E-state index in [1.165, 1.54) is 32.1 Å². The number of rotatable bonds is 6. The first-order valence-electron chi connectivity index (χ1n) is 5.53. The van der Waals surface area contributed by atoms with E-state index < -0.39 is 0 Å². The number of nitrogens with one attached hydrogen (secondary N) is 1. The van der Waals surface area contributed by atoms with Gasteiger partial charge in [0.25, 0.3) is 0 Å².